The predicted molar refractivity (Wildman–Crippen MR) is 115 cm³/mol. The van der Waals surface area contributed by atoms with E-state index in [9.17, 15) is 4.79 Å². The molecular weight excluding hydrogens is 390 g/mol. The number of para-hydroxylation sites is 2. The van der Waals surface area contributed by atoms with Crippen molar-refractivity contribution in [2.75, 3.05) is 13.1 Å². The third-order valence-electron chi connectivity index (χ3n) is 5.30. The second-order valence-electron chi connectivity index (χ2n) is 7.53. The van der Waals surface area contributed by atoms with Gasteiger partial charge in [-0.25, -0.2) is 0 Å². The van der Waals surface area contributed by atoms with Crippen molar-refractivity contribution >= 4 is 5.91 Å². The number of carbonyl (C=O) groups excluding carboxylic acids is 1. The topological polar surface area (TPSA) is 68.5 Å². The van der Waals surface area contributed by atoms with E-state index in [1.54, 1.807) is 11.0 Å². The van der Waals surface area contributed by atoms with Crippen molar-refractivity contribution in [1.29, 1.82) is 0 Å². The fourth-order valence-electron chi connectivity index (χ4n) is 3.60. The van der Waals surface area contributed by atoms with Gasteiger partial charge in [0, 0.05) is 19.5 Å². The molecule has 1 aliphatic heterocycles. The maximum atomic E-state index is 13.0. The summed E-state index contributed by atoms with van der Waals surface area (Å²) < 4.78 is 11.4. The number of carbonyl (C=O) groups is 1. The number of ether oxygens (including phenoxy) is 1. The summed E-state index contributed by atoms with van der Waals surface area (Å²) in [4.78, 5) is 19.3. The van der Waals surface area contributed by atoms with E-state index in [1.807, 2.05) is 78.9 Å². The van der Waals surface area contributed by atoms with Crippen LogP contribution in [0.4, 0.5) is 0 Å². The first-order valence-corrected chi connectivity index (χ1v) is 10.2. The Morgan fingerprint density at radius 1 is 0.935 bits per heavy atom. The van der Waals surface area contributed by atoms with Crippen molar-refractivity contribution in [3.8, 4) is 11.5 Å². The molecule has 1 amide bonds. The standard InChI is InChI=1S/C25H21N3O3/c29-25(21-13-7-8-14-22(21)30-20-11-5-2-6-12-20)28-16-19(17-28)24-26-23(27-31-24)15-18-9-3-1-4-10-18/h1-14,19H,15-17H2. The Hall–Kier alpha value is -3.93. The number of hydrogen-bond donors (Lipinski definition) is 0. The minimum absolute atomic E-state index is 0.0585. The largest absolute Gasteiger partial charge is 0.457 e. The van der Waals surface area contributed by atoms with Crippen molar-refractivity contribution in [2.45, 2.75) is 12.3 Å². The lowest BCUT2D eigenvalue weighted by atomic mass is 9.98. The summed E-state index contributed by atoms with van der Waals surface area (Å²) in [6.07, 6.45) is 0.629. The zero-order valence-corrected chi connectivity index (χ0v) is 16.8. The molecule has 1 saturated heterocycles. The Labute approximate surface area is 180 Å². The molecule has 0 unspecified atom stereocenters. The van der Waals surface area contributed by atoms with E-state index in [-0.39, 0.29) is 11.8 Å². The van der Waals surface area contributed by atoms with E-state index in [1.165, 1.54) is 0 Å². The van der Waals surface area contributed by atoms with Gasteiger partial charge in [-0.05, 0) is 29.8 Å². The Morgan fingerprint density at radius 3 is 2.39 bits per heavy atom. The third-order valence-corrected chi connectivity index (χ3v) is 5.30. The van der Waals surface area contributed by atoms with Crippen LogP contribution < -0.4 is 4.74 Å². The number of benzene rings is 3. The van der Waals surface area contributed by atoms with Crippen molar-refractivity contribution in [2.24, 2.45) is 0 Å². The minimum atomic E-state index is -0.0631. The molecule has 6 heteroatoms. The molecule has 0 radical (unpaired) electrons. The molecule has 4 aromatic rings. The fourth-order valence-corrected chi connectivity index (χ4v) is 3.60. The van der Waals surface area contributed by atoms with Crippen LogP contribution in [-0.4, -0.2) is 34.0 Å². The van der Waals surface area contributed by atoms with Gasteiger partial charge >= 0.3 is 0 Å². The first-order valence-electron chi connectivity index (χ1n) is 10.2. The van der Waals surface area contributed by atoms with Crippen molar-refractivity contribution in [3.05, 3.63) is 108 Å². The van der Waals surface area contributed by atoms with Crippen LogP contribution >= 0.6 is 0 Å². The van der Waals surface area contributed by atoms with Crippen LogP contribution in [0.25, 0.3) is 0 Å². The van der Waals surface area contributed by atoms with Gasteiger partial charge in [0.1, 0.15) is 11.5 Å². The number of nitrogens with zero attached hydrogens (tertiary/aromatic N) is 3. The van der Waals surface area contributed by atoms with Crippen molar-refractivity contribution in [3.63, 3.8) is 0 Å². The van der Waals surface area contributed by atoms with E-state index in [0.29, 0.717) is 48.3 Å². The van der Waals surface area contributed by atoms with Gasteiger partial charge in [0.25, 0.3) is 5.91 Å². The highest BCUT2D eigenvalue weighted by atomic mass is 16.5. The van der Waals surface area contributed by atoms with E-state index >= 15 is 0 Å². The van der Waals surface area contributed by atoms with Gasteiger partial charge in [-0.15, -0.1) is 0 Å². The van der Waals surface area contributed by atoms with Crippen molar-refractivity contribution < 1.29 is 14.1 Å². The molecule has 0 N–H and O–H groups in total. The van der Waals surface area contributed by atoms with E-state index in [2.05, 4.69) is 10.1 Å². The number of rotatable bonds is 6. The normalized spacial score (nSPS) is 13.6. The highest BCUT2D eigenvalue weighted by molar-refractivity contribution is 5.97. The van der Waals surface area contributed by atoms with Gasteiger partial charge in [0.2, 0.25) is 5.89 Å². The van der Waals surface area contributed by atoms with Crippen LogP contribution in [0.15, 0.2) is 89.5 Å². The highest BCUT2D eigenvalue weighted by Crippen LogP contribution is 2.31. The molecule has 1 aromatic heterocycles. The molecule has 3 aromatic carbocycles. The summed E-state index contributed by atoms with van der Waals surface area (Å²) in [7, 11) is 0. The Bertz CT molecular complexity index is 1170. The molecule has 0 atom stereocenters. The minimum Gasteiger partial charge on any atom is -0.457 e. The van der Waals surface area contributed by atoms with Gasteiger partial charge in [-0.3, -0.25) is 4.79 Å². The van der Waals surface area contributed by atoms with Gasteiger partial charge in [-0.2, -0.15) is 4.98 Å². The highest BCUT2D eigenvalue weighted by Gasteiger charge is 2.36. The van der Waals surface area contributed by atoms with Crippen LogP contribution in [0, 0.1) is 0 Å². The number of likely N-dealkylation sites (tertiary alicyclic amines) is 1. The van der Waals surface area contributed by atoms with Gasteiger partial charge < -0.3 is 14.2 Å². The summed E-state index contributed by atoms with van der Waals surface area (Å²) in [5.74, 6) is 2.48. The molecule has 6 nitrogen and oxygen atoms in total. The Balaban J connectivity index is 1.23. The number of aromatic nitrogens is 2. The second-order valence-corrected chi connectivity index (χ2v) is 7.53. The zero-order valence-electron chi connectivity index (χ0n) is 16.8. The van der Waals surface area contributed by atoms with Crippen LogP contribution in [0.3, 0.4) is 0 Å². The average Bonchev–Trinajstić information content (AvgIpc) is 3.22. The molecule has 0 aliphatic carbocycles. The predicted octanol–water partition coefficient (Wildman–Crippen LogP) is 4.69. The summed E-state index contributed by atoms with van der Waals surface area (Å²) in [5.41, 5.74) is 1.68. The average molecular weight is 411 g/mol. The van der Waals surface area contributed by atoms with E-state index in [0.717, 1.165) is 5.56 Å². The molecule has 154 valence electrons. The summed E-state index contributed by atoms with van der Waals surface area (Å²) >= 11 is 0. The lowest BCUT2D eigenvalue weighted by molar-refractivity contribution is 0.0566. The molecule has 0 bridgehead atoms. The van der Waals surface area contributed by atoms with Crippen LogP contribution in [-0.2, 0) is 6.42 Å². The third kappa shape index (κ3) is 4.19. The molecule has 1 fully saturated rings. The zero-order chi connectivity index (χ0) is 21.0. The summed E-state index contributed by atoms with van der Waals surface area (Å²) in [6.45, 7) is 1.09. The number of hydrogen-bond acceptors (Lipinski definition) is 5. The lowest BCUT2D eigenvalue weighted by Crippen LogP contribution is -2.48. The molecule has 31 heavy (non-hydrogen) atoms. The van der Waals surface area contributed by atoms with E-state index < -0.39 is 0 Å². The second kappa shape index (κ2) is 8.44. The molecular formula is C25H21N3O3. The SMILES string of the molecule is O=C(c1ccccc1Oc1ccccc1)N1CC(c2nc(Cc3ccccc3)no2)C1. The summed E-state index contributed by atoms with van der Waals surface area (Å²) in [5, 5.41) is 4.09. The van der Waals surface area contributed by atoms with Gasteiger partial charge in [-0.1, -0.05) is 65.8 Å². The smallest absolute Gasteiger partial charge is 0.257 e. The lowest BCUT2D eigenvalue weighted by Gasteiger charge is -2.37. The number of amides is 1. The monoisotopic (exact) mass is 411 g/mol. The summed E-state index contributed by atoms with van der Waals surface area (Å²) in [6, 6.07) is 26.8. The maximum Gasteiger partial charge on any atom is 0.257 e. The van der Waals surface area contributed by atoms with Gasteiger partial charge in [0.15, 0.2) is 5.82 Å². The molecule has 0 spiro atoms. The first kappa shape index (κ1) is 19.1. The van der Waals surface area contributed by atoms with Crippen LogP contribution in [0.5, 0.6) is 11.5 Å². The van der Waals surface area contributed by atoms with Crippen molar-refractivity contribution in [1.82, 2.24) is 15.0 Å². The maximum absolute atomic E-state index is 13.0. The van der Waals surface area contributed by atoms with Crippen LogP contribution in [0.2, 0.25) is 0 Å². The Kier molecular flexibility index (Phi) is 5.19. The molecule has 2 heterocycles. The molecule has 5 rings (SSSR count). The molecule has 0 saturated carbocycles. The van der Waals surface area contributed by atoms with E-state index in [4.69, 9.17) is 9.26 Å². The Morgan fingerprint density at radius 2 is 1.61 bits per heavy atom. The van der Waals surface area contributed by atoms with Crippen LogP contribution in [0.1, 0.15) is 33.6 Å². The fraction of sp³-hybridized carbons (Fsp3) is 0.160. The quantitative estimate of drug-likeness (QED) is 0.460. The first-order chi connectivity index (χ1) is 15.3. The van der Waals surface area contributed by atoms with Gasteiger partial charge in [0.05, 0.1) is 11.5 Å². The molecule has 1 aliphatic rings.